The highest BCUT2D eigenvalue weighted by atomic mass is 32.2. The van der Waals surface area contributed by atoms with E-state index in [2.05, 4.69) is 4.72 Å². The Morgan fingerprint density at radius 1 is 1.14 bits per heavy atom. The molecule has 4 nitrogen and oxygen atoms in total. The van der Waals surface area contributed by atoms with Crippen LogP contribution < -0.4 is 10.5 Å². The molecule has 0 fully saturated rings. The Morgan fingerprint density at radius 2 is 1.86 bits per heavy atom. The molecule has 0 saturated carbocycles. The lowest BCUT2D eigenvalue weighted by atomic mass is 10.3. The molecular formula is C13H12F2N2O2S2. The summed E-state index contributed by atoms with van der Waals surface area (Å²) in [6.45, 7) is 0. The summed E-state index contributed by atoms with van der Waals surface area (Å²) in [7, 11) is -2.37. The second kappa shape index (κ2) is 6.00. The van der Waals surface area contributed by atoms with Crippen LogP contribution in [0.4, 0.5) is 14.5 Å². The zero-order chi connectivity index (χ0) is 15.6. The van der Waals surface area contributed by atoms with E-state index in [1.54, 1.807) is 0 Å². The third-order valence-corrected chi connectivity index (χ3v) is 5.17. The number of nitrogens with one attached hydrogen (secondary N) is 1. The van der Waals surface area contributed by atoms with Crippen molar-refractivity contribution >= 4 is 27.5 Å². The summed E-state index contributed by atoms with van der Waals surface area (Å²) in [6.07, 6.45) is 0. The lowest BCUT2D eigenvalue weighted by molar-refractivity contribution is 0.577. The van der Waals surface area contributed by atoms with E-state index in [0.29, 0.717) is 4.90 Å². The number of nitrogens with two attached hydrogens (primary N) is 1. The van der Waals surface area contributed by atoms with Gasteiger partial charge < -0.3 is 5.73 Å². The Bertz CT molecular complexity index is 780. The van der Waals surface area contributed by atoms with Crippen LogP contribution in [-0.2, 0) is 10.0 Å². The van der Waals surface area contributed by atoms with Crippen LogP contribution in [0.2, 0.25) is 0 Å². The van der Waals surface area contributed by atoms with E-state index < -0.39 is 21.7 Å². The zero-order valence-corrected chi connectivity index (χ0v) is 12.6. The average Bonchev–Trinajstić information content (AvgIpc) is 2.43. The molecule has 0 amide bonds. The van der Waals surface area contributed by atoms with Gasteiger partial charge in [0.1, 0.15) is 16.5 Å². The quantitative estimate of drug-likeness (QED) is 0.845. The highest BCUT2D eigenvalue weighted by Gasteiger charge is 2.16. The molecule has 0 saturated heterocycles. The molecule has 0 bridgehead atoms. The molecule has 0 aliphatic rings. The Labute approximate surface area is 125 Å². The van der Waals surface area contributed by atoms with Gasteiger partial charge in [-0.2, -0.15) is 0 Å². The van der Waals surface area contributed by atoms with Crippen LogP contribution in [0.15, 0.2) is 51.1 Å². The van der Waals surface area contributed by atoms with E-state index in [9.17, 15) is 17.2 Å². The van der Waals surface area contributed by atoms with Crippen molar-refractivity contribution in [3.8, 4) is 0 Å². The van der Waals surface area contributed by atoms with Crippen LogP contribution in [-0.4, -0.2) is 15.5 Å². The summed E-state index contributed by atoms with van der Waals surface area (Å²) in [4.78, 5) is 0.541. The topological polar surface area (TPSA) is 72.2 Å². The number of sulfonamides is 1. The third-order valence-electron chi connectivity index (χ3n) is 2.66. The Kier molecular flexibility index (Phi) is 4.50. The predicted molar refractivity (Wildman–Crippen MR) is 77.6 cm³/mol. The molecule has 2 aromatic rings. The fourth-order valence-corrected chi connectivity index (χ4v) is 3.38. The van der Waals surface area contributed by atoms with Crippen LogP contribution >= 0.6 is 11.8 Å². The van der Waals surface area contributed by atoms with Crippen LogP contribution in [0, 0.1) is 11.6 Å². The van der Waals surface area contributed by atoms with Crippen molar-refractivity contribution in [2.45, 2.75) is 14.7 Å². The van der Waals surface area contributed by atoms with Crippen LogP contribution in [0.1, 0.15) is 0 Å². The van der Waals surface area contributed by atoms with Crippen molar-refractivity contribution in [2.75, 3.05) is 12.8 Å². The molecule has 0 aliphatic heterocycles. The van der Waals surface area contributed by atoms with Crippen molar-refractivity contribution in [2.24, 2.45) is 0 Å². The maximum Gasteiger partial charge on any atom is 0.242 e. The number of benzene rings is 2. The Morgan fingerprint density at radius 3 is 2.48 bits per heavy atom. The summed E-state index contributed by atoms with van der Waals surface area (Å²) in [5, 5.41) is 0. The lowest BCUT2D eigenvalue weighted by Crippen LogP contribution is -2.19. The van der Waals surface area contributed by atoms with Crippen molar-refractivity contribution in [1.29, 1.82) is 0 Å². The Hall–Kier alpha value is -1.64. The largest absolute Gasteiger partial charge is 0.398 e. The maximum atomic E-state index is 13.6. The summed E-state index contributed by atoms with van der Waals surface area (Å²) in [6, 6.07) is 7.32. The van der Waals surface area contributed by atoms with E-state index in [-0.39, 0.29) is 15.5 Å². The smallest absolute Gasteiger partial charge is 0.242 e. The van der Waals surface area contributed by atoms with Gasteiger partial charge in [0.15, 0.2) is 0 Å². The second-order valence-corrected chi connectivity index (χ2v) is 7.05. The molecule has 0 atom stereocenters. The number of halogens is 2. The molecule has 0 heterocycles. The van der Waals surface area contributed by atoms with Gasteiger partial charge >= 0.3 is 0 Å². The first-order valence-corrected chi connectivity index (χ1v) is 8.09. The number of hydrogen-bond donors (Lipinski definition) is 2. The number of rotatable bonds is 4. The predicted octanol–water partition coefficient (Wildman–Crippen LogP) is 2.61. The number of nitrogen functional groups attached to an aromatic ring is 1. The SMILES string of the molecule is CNS(=O)(=O)c1ccc(Sc2cc(F)ccc2F)cc1N. The van der Waals surface area contributed by atoms with E-state index in [4.69, 9.17) is 5.73 Å². The van der Waals surface area contributed by atoms with Gasteiger partial charge in [-0.15, -0.1) is 0 Å². The molecule has 0 radical (unpaired) electrons. The van der Waals surface area contributed by atoms with Crippen molar-refractivity contribution in [3.63, 3.8) is 0 Å². The second-order valence-electron chi connectivity index (χ2n) is 4.08. The van der Waals surface area contributed by atoms with Gasteiger partial charge in [0.05, 0.1) is 10.6 Å². The fraction of sp³-hybridized carbons (Fsp3) is 0.0769. The molecule has 8 heteroatoms. The summed E-state index contributed by atoms with van der Waals surface area (Å²) < 4.78 is 52.2. The van der Waals surface area contributed by atoms with Gasteiger partial charge in [-0.3, -0.25) is 0 Å². The first kappa shape index (κ1) is 15.7. The molecule has 0 aromatic heterocycles. The van der Waals surface area contributed by atoms with E-state index in [0.717, 1.165) is 30.0 Å². The summed E-state index contributed by atoms with van der Waals surface area (Å²) >= 11 is 0.959. The molecule has 112 valence electrons. The van der Waals surface area contributed by atoms with Gasteiger partial charge in [0.25, 0.3) is 0 Å². The first-order valence-electron chi connectivity index (χ1n) is 5.79. The molecule has 0 unspecified atom stereocenters. The minimum Gasteiger partial charge on any atom is -0.398 e. The zero-order valence-electron chi connectivity index (χ0n) is 10.9. The highest BCUT2D eigenvalue weighted by molar-refractivity contribution is 7.99. The summed E-state index contributed by atoms with van der Waals surface area (Å²) in [5.41, 5.74) is 5.74. The van der Waals surface area contributed by atoms with E-state index in [1.165, 1.54) is 25.2 Å². The molecular weight excluding hydrogens is 318 g/mol. The van der Waals surface area contributed by atoms with Crippen molar-refractivity contribution in [1.82, 2.24) is 4.72 Å². The van der Waals surface area contributed by atoms with Crippen molar-refractivity contribution < 1.29 is 17.2 Å². The van der Waals surface area contributed by atoms with Gasteiger partial charge in [0.2, 0.25) is 10.0 Å². The maximum absolute atomic E-state index is 13.6. The van der Waals surface area contributed by atoms with Gasteiger partial charge in [0, 0.05) is 4.90 Å². The van der Waals surface area contributed by atoms with Gasteiger partial charge in [-0.1, -0.05) is 11.8 Å². The molecule has 0 aliphatic carbocycles. The molecule has 2 rings (SSSR count). The van der Waals surface area contributed by atoms with E-state index >= 15 is 0 Å². The number of hydrogen-bond acceptors (Lipinski definition) is 4. The first-order chi connectivity index (χ1) is 9.83. The molecule has 3 N–H and O–H groups in total. The van der Waals surface area contributed by atoms with Gasteiger partial charge in [-0.05, 0) is 43.4 Å². The monoisotopic (exact) mass is 330 g/mol. The van der Waals surface area contributed by atoms with Crippen LogP contribution in [0.5, 0.6) is 0 Å². The van der Waals surface area contributed by atoms with Crippen LogP contribution in [0.3, 0.4) is 0 Å². The lowest BCUT2D eigenvalue weighted by Gasteiger charge is -2.09. The summed E-state index contributed by atoms with van der Waals surface area (Å²) in [5.74, 6) is -1.12. The molecule has 2 aromatic carbocycles. The minimum absolute atomic E-state index is 0.0335. The number of anilines is 1. The van der Waals surface area contributed by atoms with Crippen LogP contribution in [0.25, 0.3) is 0 Å². The van der Waals surface area contributed by atoms with Crippen molar-refractivity contribution in [3.05, 3.63) is 48.0 Å². The Balaban J connectivity index is 2.35. The molecule has 0 spiro atoms. The minimum atomic E-state index is -3.65. The third kappa shape index (κ3) is 3.52. The average molecular weight is 330 g/mol. The standard InChI is InChI=1S/C13H12F2N2O2S2/c1-17-21(18,19)13-5-3-9(7-11(13)16)20-12-6-8(14)2-4-10(12)15/h2-7,17H,16H2,1H3. The normalized spacial score (nSPS) is 11.6. The van der Waals surface area contributed by atoms with Gasteiger partial charge in [-0.25, -0.2) is 21.9 Å². The highest BCUT2D eigenvalue weighted by Crippen LogP contribution is 2.33. The molecule has 21 heavy (non-hydrogen) atoms. The van der Waals surface area contributed by atoms with E-state index in [1.807, 2.05) is 0 Å². The fourth-order valence-electron chi connectivity index (χ4n) is 1.63.